The fraction of sp³-hybridized carbons (Fsp3) is 0.0952. The SMILES string of the molecule is Nc1ccc2c(NCc3ccc(OCc4ccccc4F)cc3)ncnc2n1. The van der Waals surface area contributed by atoms with E-state index in [2.05, 4.69) is 20.3 Å². The number of fused-ring (bicyclic) bond motifs is 1. The number of ether oxygens (including phenoxy) is 1. The first-order valence-electron chi connectivity index (χ1n) is 8.75. The van der Waals surface area contributed by atoms with Gasteiger partial charge in [-0.25, -0.2) is 19.3 Å². The standard InChI is InChI=1S/C21H18FN5O/c22-18-4-2-1-3-15(18)12-28-16-7-5-14(6-8-16)11-24-20-17-9-10-19(23)27-21(17)26-13-25-20/h1-10,13H,11-12H2,(H3,23,24,25,26,27). The lowest BCUT2D eigenvalue weighted by Crippen LogP contribution is -2.04. The molecule has 0 atom stereocenters. The van der Waals surface area contributed by atoms with Gasteiger partial charge in [0, 0.05) is 12.1 Å². The zero-order chi connectivity index (χ0) is 19.3. The van der Waals surface area contributed by atoms with Crippen LogP contribution in [0.1, 0.15) is 11.1 Å². The van der Waals surface area contributed by atoms with Crippen LogP contribution in [0.3, 0.4) is 0 Å². The minimum absolute atomic E-state index is 0.188. The van der Waals surface area contributed by atoms with Gasteiger partial charge in [0.05, 0.1) is 5.39 Å². The van der Waals surface area contributed by atoms with E-state index in [4.69, 9.17) is 10.5 Å². The van der Waals surface area contributed by atoms with Crippen molar-refractivity contribution >= 4 is 22.7 Å². The second kappa shape index (κ2) is 7.87. The van der Waals surface area contributed by atoms with Gasteiger partial charge in [-0.2, -0.15) is 0 Å². The van der Waals surface area contributed by atoms with Crippen molar-refractivity contribution in [1.82, 2.24) is 15.0 Å². The molecule has 28 heavy (non-hydrogen) atoms. The quantitative estimate of drug-likeness (QED) is 0.531. The lowest BCUT2D eigenvalue weighted by Gasteiger charge is -2.10. The van der Waals surface area contributed by atoms with E-state index in [1.54, 1.807) is 24.3 Å². The third-order valence-electron chi connectivity index (χ3n) is 4.25. The number of aromatic nitrogens is 3. The van der Waals surface area contributed by atoms with Gasteiger partial charge in [0.2, 0.25) is 0 Å². The van der Waals surface area contributed by atoms with E-state index in [1.807, 2.05) is 30.3 Å². The van der Waals surface area contributed by atoms with Crippen molar-refractivity contribution in [1.29, 1.82) is 0 Å². The Balaban J connectivity index is 1.39. The normalized spacial score (nSPS) is 10.8. The molecule has 3 N–H and O–H groups in total. The molecule has 4 aromatic rings. The van der Waals surface area contributed by atoms with E-state index in [0.717, 1.165) is 10.9 Å². The highest BCUT2D eigenvalue weighted by atomic mass is 19.1. The molecule has 2 aromatic heterocycles. The Hall–Kier alpha value is -3.74. The minimum Gasteiger partial charge on any atom is -0.489 e. The van der Waals surface area contributed by atoms with Crippen molar-refractivity contribution in [2.75, 3.05) is 11.1 Å². The Labute approximate surface area is 161 Å². The van der Waals surface area contributed by atoms with Gasteiger partial charge < -0.3 is 15.8 Å². The largest absolute Gasteiger partial charge is 0.489 e. The Morgan fingerprint density at radius 3 is 2.61 bits per heavy atom. The Bertz CT molecular complexity index is 1100. The first-order chi connectivity index (χ1) is 13.7. The van der Waals surface area contributed by atoms with E-state index in [9.17, 15) is 4.39 Å². The van der Waals surface area contributed by atoms with Gasteiger partial charge in [-0.15, -0.1) is 0 Å². The van der Waals surface area contributed by atoms with Crippen LogP contribution in [0.25, 0.3) is 11.0 Å². The van der Waals surface area contributed by atoms with Gasteiger partial charge in [-0.05, 0) is 35.9 Å². The minimum atomic E-state index is -0.267. The predicted molar refractivity (Wildman–Crippen MR) is 106 cm³/mol. The van der Waals surface area contributed by atoms with Crippen molar-refractivity contribution in [3.05, 3.63) is 83.9 Å². The molecule has 4 rings (SSSR count). The molecule has 6 nitrogen and oxygen atoms in total. The Morgan fingerprint density at radius 2 is 1.79 bits per heavy atom. The van der Waals surface area contributed by atoms with Crippen LogP contribution in [0.5, 0.6) is 5.75 Å². The molecule has 0 aliphatic heterocycles. The molecule has 140 valence electrons. The monoisotopic (exact) mass is 375 g/mol. The molecule has 0 radical (unpaired) electrons. The van der Waals surface area contributed by atoms with E-state index < -0.39 is 0 Å². The van der Waals surface area contributed by atoms with E-state index in [1.165, 1.54) is 12.4 Å². The molecule has 0 amide bonds. The van der Waals surface area contributed by atoms with Crippen LogP contribution < -0.4 is 15.8 Å². The number of hydrogen-bond donors (Lipinski definition) is 2. The average Bonchev–Trinajstić information content (AvgIpc) is 2.72. The summed E-state index contributed by atoms with van der Waals surface area (Å²) in [7, 11) is 0. The van der Waals surface area contributed by atoms with E-state index in [-0.39, 0.29) is 12.4 Å². The topological polar surface area (TPSA) is 86.0 Å². The molecule has 0 aliphatic carbocycles. The smallest absolute Gasteiger partial charge is 0.166 e. The van der Waals surface area contributed by atoms with Crippen molar-refractivity contribution in [3.8, 4) is 5.75 Å². The molecule has 0 unspecified atom stereocenters. The second-order valence-electron chi connectivity index (χ2n) is 6.21. The molecule has 0 saturated carbocycles. The number of pyridine rings is 1. The summed E-state index contributed by atoms with van der Waals surface area (Å²) in [6, 6.07) is 17.8. The van der Waals surface area contributed by atoms with Crippen LogP contribution in [0.15, 0.2) is 67.0 Å². The van der Waals surface area contributed by atoms with Crippen molar-refractivity contribution in [2.24, 2.45) is 0 Å². The summed E-state index contributed by atoms with van der Waals surface area (Å²) >= 11 is 0. The lowest BCUT2D eigenvalue weighted by molar-refractivity contribution is 0.300. The molecule has 0 saturated heterocycles. The fourth-order valence-electron chi connectivity index (χ4n) is 2.76. The number of rotatable bonds is 6. The highest BCUT2D eigenvalue weighted by Crippen LogP contribution is 2.20. The van der Waals surface area contributed by atoms with Crippen LogP contribution in [0, 0.1) is 5.82 Å². The first kappa shape index (κ1) is 17.7. The number of nitrogens with zero attached hydrogens (tertiary/aromatic N) is 3. The van der Waals surface area contributed by atoms with Gasteiger partial charge in [0.25, 0.3) is 0 Å². The number of hydrogen-bond acceptors (Lipinski definition) is 6. The van der Waals surface area contributed by atoms with Crippen LogP contribution in [0.2, 0.25) is 0 Å². The number of anilines is 2. The Morgan fingerprint density at radius 1 is 0.964 bits per heavy atom. The van der Waals surface area contributed by atoms with E-state index >= 15 is 0 Å². The van der Waals surface area contributed by atoms with Crippen molar-refractivity contribution in [2.45, 2.75) is 13.2 Å². The summed E-state index contributed by atoms with van der Waals surface area (Å²) in [6.45, 7) is 0.761. The molecule has 0 bridgehead atoms. The highest BCUT2D eigenvalue weighted by molar-refractivity contribution is 5.87. The summed E-state index contributed by atoms with van der Waals surface area (Å²) in [5.74, 6) is 1.52. The first-order valence-corrected chi connectivity index (χ1v) is 8.75. The lowest BCUT2D eigenvalue weighted by atomic mass is 10.2. The zero-order valence-corrected chi connectivity index (χ0v) is 15.0. The maximum absolute atomic E-state index is 13.6. The van der Waals surface area contributed by atoms with Crippen LogP contribution >= 0.6 is 0 Å². The van der Waals surface area contributed by atoms with Crippen LogP contribution in [-0.4, -0.2) is 15.0 Å². The summed E-state index contributed by atoms with van der Waals surface area (Å²) in [6.07, 6.45) is 1.46. The number of benzene rings is 2. The predicted octanol–water partition coefficient (Wildman–Crippen LogP) is 3.94. The number of nitrogen functional groups attached to an aromatic ring is 1. The number of nitrogens with one attached hydrogen (secondary N) is 1. The maximum Gasteiger partial charge on any atom is 0.166 e. The zero-order valence-electron chi connectivity index (χ0n) is 15.0. The molecule has 2 aromatic carbocycles. The molecular formula is C21H18FN5O. The molecule has 2 heterocycles. The second-order valence-corrected chi connectivity index (χ2v) is 6.21. The van der Waals surface area contributed by atoms with Crippen molar-refractivity contribution in [3.63, 3.8) is 0 Å². The van der Waals surface area contributed by atoms with Crippen molar-refractivity contribution < 1.29 is 9.13 Å². The Kier molecular flexibility index (Phi) is 4.97. The summed E-state index contributed by atoms with van der Waals surface area (Å²) in [5.41, 5.74) is 7.82. The van der Waals surface area contributed by atoms with Gasteiger partial charge in [-0.1, -0.05) is 30.3 Å². The number of halogens is 1. The maximum atomic E-state index is 13.6. The summed E-state index contributed by atoms with van der Waals surface area (Å²) in [4.78, 5) is 12.6. The van der Waals surface area contributed by atoms with Crippen LogP contribution in [0.4, 0.5) is 16.0 Å². The van der Waals surface area contributed by atoms with Gasteiger partial charge in [-0.3, -0.25) is 0 Å². The highest BCUT2D eigenvalue weighted by Gasteiger charge is 2.06. The molecular weight excluding hydrogens is 357 g/mol. The number of nitrogens with two attached hydrogens (primary N) is 1. The van der Waals surface area contributed by atoms with Gasteiger partial charge in [0.1, 0.15) is 36.1 Å². The molecule has 0 fully saturated rings. The molecule has 7 heteroatoms. The van der Waals surface area contributed by atoms with Gasteiger partial charge in [0.15, 0.2) is 5.65 Å². The molecule has 0 spiro atoms. The van der Waals surface area contributed by atoms with Crippen LogP contribution in [-0.2, 0) is 13.2 Å². The fourth-order valence-corrected chi connectivity index (χ4v) is 2.76. The van der Waals surface area contributed by atoms with E-state index in [0.29, 0.717) is 35.1 Å². The summed E-state index contributed by atoms with van der Waals surface area (Å²) < 4.78 is 19.3. The van der Waals surface area contributed by atoms with Gasteiger partial charge >= 0.3 is 0 Å². The third kappa shape index (κ3) is 3.98. The molecule has 0 aliphatic rings. The third-order valence-corrected chi connectivity index (χ3v) is 4.25. The average molecular weight is 375 g/mol. The summed E-state index contributed by atoms with van der Waals surface area (Å²) in [5, 5.41) is 4.09.